The van der Waals surface area contributed by atoms with Crippen LogP contribution < -0.4 is 10.2 Å². The molecule has 4 rings (SSSR count). The maximum Gasteiger partial charge on any atom is 0.271 e. The first-order chi connectivity index (χ1) is 15.0. The highest BCUT2D eigenvalue weighted by atomic mass is 127. The number of hydrogen-bond acceptors (Lipinski definition) is 3. The summed E-state index contributed by atoms with van der Waals surface area (Å²) in [4.78, 5) is 12.5. The number of nitrogens with zero attached hydrogens (tertiary/aromatic N) is 2. The maximum atomic E-state index is 12.5. The van der Waals surface area contributed by atoms with Gasteiger partial charge in [-0.15, -0.1) is 0 Å². The van der Waals surface area contributed by atoms with Crippen molar-refractivity contribution in [2.75, 3.05) is 7.11 Å². The number of carbonyl (C=O) groups is 1. The molecule has 156 valence electrons. The van der Waals surface area contributed by atoms with E-state index in [0.717, 1.165) is 26.6 Å². The molecule has 0 saturated heterocycles. The Labute approximate surface area is 194 Å². The number of nitrogens with one attached hydrogen (secondary N) is 1. The third-order valence-electron chi connectivity index (χ3n) is 5.04. The van der Waals surface area contributed by atoms with Gasteiger partial charge in [-0.1, -0.05) is 48.0 Å². The number of hydrogen-bond donors (Lipinski definition) is 1. The van der Waals surface area contributed by atoms with Crippen LogP contribution in [-0.2, 0) is 6.54 Å². The lowest BCUT2D eigenvalue weighted by molar-refractivity contribution is 0.0954. The first kappa shape index (κ1) is 21.1. The maximum absolute atomic E-state index is 12.5. The highest BCUT2D eigenvalue weighted by Crippen LogP contribution is 2.23. The summed E-state index contributed by atoms with van der Waals surface area (Å²) in [6, 6.07) is 22.0. The van der Waals surface area contributed by atoms with Crippen molar-refractivity contribution in [3.63, 3.8) is 0 Å². The van der Waals surface area contributed by atoms with Crippen LogP contribution in [0.15, 0.2) is 78.0 Å². The largest absolute Gasteiger partial charge is 0.496 e. The summed E-state index contributed by atoms with van der Waals surface area (Å²) in [5.74, 6) is 0.380. The van der Waals surface area contributed by atoms with E-state index in [1.807, 2.05) is 18.2 Å². The zero-order valence-corrected chi connectivity index (χ0v) is 19.5. The van der Waals surface area contributed by atoms with Crippen LogP contribution in [0.3, 0.4) is 0 Å². The van der Waals surface area contributed by atoms with Crippen molar-refractivity contribution in [1.82, 2.24) is 9.99 Å². The molecule has 6 heteroatoms. The zero-order chi connectivity index (χ0) is 21.8. The molecule has 31 heavy (non-hydrogen) atoms. The van der Waals surface area contributed by atoms with Crippen LogP contribution >= 0.6 is 22.6 Å². The second kappa shape index (κ2) is 9.34. The summed E-state index contributed by atoms with van der Waals surface area (Å²) in [6.45, 7) is 2.87. The van der Waals surface area contributed by atoms with Crippen molar-refractivity contribution >= 4 is 45.6 Å². The van der Waals surface area contributed by atoms with Gasteiger partial charge in [0.05, 0.1) is 16.9 Å². The fraction of sp³-hybridized carbons (Fsp3) is 0.120. The van der Waals surface area contributed by atoms with Crippen molar-refractivity contribution in [3.05, 3.63) is 98.8 Å². The van der Waals surface area contributed by atoms with Gasteiger partial charge in [0, 0.05) is 34.8 Å². The normalized spacial score (nSPS) is 11.2. The Hall–Kier alpha value is -3.13. The molecule has 4 aromatic rings. The van der Waals surface area contributed by atoms with Gasteiger partial charge in [-0.05, 0) is 59.3 Å². The topological polar surface area (TPSA) is 55.6 Å². The molecule has 0 aliphatic heterocycles. The fourth-order valence-electron chi connectivity index (χ4n) is 3.54. The average molecular weight is 523 g/mol. The van der Waals surface area contributed by atoms with Crippen molar-refractivity contribution in [1.29, 1.82) is 0 Å². The monoisotopic (exact) mass is 523 g/mol. The molecule has 1 amide bonds. The lowest BCUT2D eigenvalue weighted by Gasteiger charge is -2.06. The van der Waals surface area contributed by atoms with E-state index in [-0.39, 0.29) is 5.91 Å². The molecular weight excluding hydrogens is 501 g/mol. The molecule has 5 nitrogen and oxygen atoms in total. The van der Waals surface area contributed by atoms with E-state index in [0.29, 0.717) is 11.3 Å². The van der Waals surface area contributed by atoms with Crippen LogP contribution in [-0.4, -0.2) is 23.8 Å². The first-order valence-corrected chi connectivity index (χ1v) is 10.9. The van der Waals surface area contributed by atoms with Crippen molar-refractivity contribution < 1.29 is 9.53 Å². The Morgan fingerprint density at radius 1 is 1.13 bits per heavy atom. The highest BCUT2D eigenvalue weighted by Gasteiger charge is 2.10. The predicted octanol–water partition coefficient (Wildman–Crippen LogP) is 5.38. The first-order valence-electron chi connectivity index (χ1n) is 9.85. The molecule has 1 aromatic heterocycles. The molecule has 0 saturated carbocycles. The number of carbonyl (C=O) groups excluding carboxylic acids is 1. The van der Waals surface area contributed by atoms with E-state index in [2.05, 4.69) is 87.2 Å². The second-order valence-electron chi connectivity index (χ2n) is 7.27. The third-order valence-corrected chi connectivity index (χ3v) is 5.93. The van der Waals surface area contributed by atoms with E-state index in [1.165, 1.54) is 11.1 Å². The molecule has 0 aliphatic carbocycles. The molecule has 1 heterocycles. The van der Waals surface area contributed by atoms with Gasteiger partial charge in [0.25, 0.3) is 5.91 Å². The molecule has 0 radical (unpaired) electrons. The molecule has 0 bridgehead atoms. The molecule has 0 unspecified atom stereocenters. The molecule has 0 spiro atoms. The zero-order valence-electron chi connectivity index (χ0n) is 17.3. The number of hydrazone groups is 1. The minimum Gasteiger partial charge on any atom is -0.496 e. The Kier molecular flexibility index (Phi) is 6.36. The minimum absolute atomic E-state index is 0.283. The Morgan fingerprint density at radius 3 is 2.77 bits per heavy atom. The molecule has 0 atom stereocenters. The number of rotatable bonds is 6. The van der Waals surface area contributed by atoms with Gasteiger partial charge in [0.1, 0.15) is 5.75 Å². The lowest BCUT2D eigenvalue weighted by Crippen LogP contribution is -2.17. The molecule has 0 fully saturated rings. The molecule has 3 aromatic carbocycles. The fourth-order valence-corrected chi connectivity index (χ4v) is 4.10. The highest BCUT2D eigenvalue weighted by molar-refractivity contribution is 14.1. The summed E-state index contributed by atoms with van der Waals surface area (Å²) >= 11 is 2.17. The van der Waals surface area contributed by atoms with E-state index in [4.69, 9.17) is 4.74 Å². The van der Waals surface area contributed by atoms with Crippen molar-refractivity contribution in [2.24, 2.45) is 5.10 Å². The number of para-hydroxylation sites is 1. The summed E-state index contributed by atoms with van der Waals surface area (Å²) in [5, 5.41) is 5.29. The van der Waals surface area contributed by atoms with Crippen LogP contribution in [0, 0.1) is 10.5 Å². The van der Waals surface area contributed by atoms with Crippen LogP contribution in [0.4, 0.5) is 0 Å². The van der Waals surface area contributed by atoms with E-state index < -0.39 is 0 Å². The van der Waals surface area contributed by atoms with Crippen LogP contribution in [0.1, 0.15) is 27.0 Å². The number of aryl methyl sites for hydroxylation is 1. The van der Waals surface area contributed by atoms with Gasteiger partial charge < -0.3 is 9.30 Å². The summed E-state index contributed by atoms with van der Waals surface area (Å²) in [6.07, 6.45) is 3.76. The number of benzene rings is 3. The van der Waals surface area contributed by atoms with Crippen molar-refractivity contribution in [3.8, 4) is 5.75 Å². The number of fused-ring (bicyclic) bond motifs is 1. The van der Waals surface area contributed by atoms with Gasteiger partial charge in [-0.25, -0.2) is 5.43 Å². The van der Waals surface area contributed by atoms with Crippen LogP contribution in [0.2, 0.25) is 0 Å². The number of methoxy groups -OCH3 is 1. The molecule has 0 aliphatic rings. The predicted molar refractivity (Wildman–Crippen MR) is 133 cm³/mol. The average Bonchev–Trinajstić information content (AvgIpc) is 3.11. The molecule has 1 N–H and O–H groups in total. The summed E-state index contributed by atoms with van der Waals surface area (Å²) < 4.78 is 8.44. The van der Waals surface area contributed by atoms with Gasteiger partial charge >= 0.3 is 0 Å². The summed E-state index contributed by atoms with van der Waals surface area (Å²) in [7, 11) is 1.59. The Balaban J connectivity index is 1.56. The standard InChI is InChI=1S/C25H22IN3O2/c1-17-6-5-7-18(12-17)15-29-16-20(21-8-3-4-9-23(21)29)14-27-28-25(30)19-10-11-22(26)24(13-19)31-2/h3-14,16H,15H2,1-2H3,(H,28,30)/b27-14-. The van der Waals surface area contributed by atoms with E-state index >= 15 is 0 Å². The number of ether oxygens (including phenoxy) is 1. The number of aromatic nitrogens is 1. The SMILES string of the molecule is COc1cc(C(=O)N/N=C\c2cn(Cc3cccc(C)c3)c3ccccc23)ccc1I. The van der Waals surface area contributed by atoms with Crippen LogP contribution in [0.25, 0.3) is 10.9 Å². The lowest BCUT2D eigenvalue weighted by atomic mass is 10.1. The van der Waals surface area contributed by atoms with Gasteiger partial charge in [0.15, 0.2) is 0 Å². The molecular formula is C25H22IN3O2. The van der Waals surface area contributed by atoms with Gasteiger partial charge in [-0.3, -0.25) is 4.79 Å². The minimum atomic E-state index is -0.283. The van der Waals surface area contributed by atoms with Gasteiger partial charge in [0.2, 0.25) is 0 Å². The number of amides is 1. The van der Waals surface area contributed by atoms with Crippen LogP contribution in [0.5, 0.6) is 5.75 Å². The van der Waals surface area contributed by atoms with Gasteiger partial charge in [-0.2, -0.15) is 5.10 Å². The second-order valence-corrected chi connectivity index (χ2v) is 8.43. The quantitative estimate of drug-likeness (QED) is 0.210. The van der Waals surface area contributed by atoms with Crippen molar-refractivity contribution in [2.45, 2.75) is 13.5 Å². The Morgan fingerprint density at radius 2 is 1.97 bits per heavy atom. The Bertz CT molecular complexity index is 1280. The van der Waals surface area contributed by atoms with E-state index in [1.54, 1.807) is 25.5 Å². The smallest absolute Gasteiger partial charge is 0.271 e. The van der Waals surface area contributed by atoms with E-state index in [9.17, 15) is 4.79 Å². The number of halogens is 1. The summed E-state index contributed by atoms with van der Waals surface area (Å²) in [5.41, 5.74) is 7.66. The third kappa shape index (κ3) is 4.80.